The van der Waals surface area contributed by atoms with Crippen LogP contribution in [0, 0.1) is 0 Å². The number of benzene rings is 2. The molecule has 0 fully saturated rings. The number of aryl methyl sites for hydroxylation is 1. The minimum absolute atomic E-state index is 0.127. The van der Waals surface area contributed by atoms with Gasteiger partial charge >= 0.3 is 0 Å². The molecule has 1 amide bonds. The second-order valence-electron chi connectivity index (χ2n) is 7.50. The topological polar surface area (TPSA) is 106 Å². The molecule has 0 saturated heterocycles. The first-order chi connectivity index (χ1) is 15.6. The molecule has 11 heteroatoms. The van der Waals surface area contributed by atoms with Crippen LogP contribution in [0.3, 0.4) is 0 Å². The zero-order valence-electron chi connectivity index (χ0n) is 18.8. The number of hydrogen-bond acceptors (Lipinski definition) is 7. The largest absolute Gasteiger partial charge is 0.496 e. The molecule has 0 atom stereocenters. The summed E-state index contributed by atoms with van der Waals surface area (Å²) in [5, 5.41) is 4.44. The van der Waals surface area contributed by atoms with Crippen molar-refractivity contribution in [2.24, 2.45) is 0 Å². The summed E-state index contributed by atoms with van der Waals surface area (Å²) in [6, 6.07) is 11.8. The SMILES string of the molecule is COc1ccc(S(=O)(=O)N(C)C)cc1CCC(=O)N(C)Cc1nc(-c2ccccc2Cl)no1. The zero-order chi connectivity index (χ0) is 24.2. The number of nitrogens with zero attached hydrogens (tertiary/aromatic N) is 4. The Morgan fingerprint density at radius 2 is 1.88 bits per heavy atom. The number of amides is 1. The van der Waals surface area contributed by atoms with Gasteiger partial charge in [0, 0.05) is 33.1 Å². The molecule has 9 nitrogen and oxygen atoms in total. The molecule has 3 rings (SSSR count). The van der Waals surface area contributed by atoms with Crippen LogP contribution in [0.1, 0.15) is 17.9 Å². The molecule has 0 N–H and O–H groups in total. The highest BCUT2D eigenvalue weighted by Crippen LogP contribution is 2.26. The summed E-state index contributed by atoms with van der Waals surface area (Å²) in [6.07, 6.45) is 0.446. The van der Waals surface area contributed by atoms with Gasteiger partial charge in [-0.1, -0.05) is 28.9 Å². The van der Waals surface area contributed by atoms with E-state index in [9.17, 15) is 13.2 Å². The average Bonchev–Trinajstić information content (AvgIpc) is 3.25. The Morgan fingerprint density at radius 1 is 1.15 bits per heavy atom. The van der Waals surface area contributed by atoms with Gasteiger partial charge in [-0.25, -0.2) is 12.7 Å². The summed E-state index contributed by atoms with van der Waals surface area (Å²) in [5.41, 5.74) is 1.27. The number of carbonyl (C=O) groups excluding carboxylic acids is 1. The molecule has 0 aliphatic rings. The Hall–Kier alpha value is -2.95. The fourth-order valence-corrected chi connectivity index (χ4v) is 4.29. The molecule has 1 aromatic heterocycles. The van der Waals surface area contributed by atoms with E-state index in [1.807, 2.05) is 6.07 Å². The van der Waals surface area contributed by atoms with E-state index in [0.717, 1.165) is 4.31 Å². The molecular formula is C22H25ClN4O5S. The first-order valence-corrected chi connectivity index (χ1v) is 11.9. The van der Waals surface area contributed by atoms with Crippen molar-refractivity contribution in [3.63, 3.8) is 0 Å². The van der Waals surface area contributed by atoms with Gasteiger partial charge in [-0.05, 0) is 42.3 Å². The normalized spacial score (nSPS) is 11.6. The van der Waals surface area contributed by atoms with Gasteiger partial charge in [-0.15, -0.1) is 0 Å². The number of ether oxygens (including phenoxy) is 1. The number of sulfonamides is 1. The highest BCUT2D eigenvalue weighted by Gasteiger charge is 2.20. The van der Waals surface area contributed by atoms with Gasteiger partial charge < -0.3 is 14.2 Å². The van der Waals surface area contributed by atoms with Crippen LogP contribution < -0.4 is 4.74 Å². The number of methoxy groups -OCH3 is 1. The molecule has 0 saturated carbocycles. The lowest BCUT2D eigenvalue weighted by atomic mass is 10.1. The molecule has 176 valence electrons. The van der Waals surface area contributed by atoms with Crippen molar-refractivity contribution in [1.29, 1.82) is 0 Å². The molecule has 3 aromatic rings. The Bertz CT molecular complexity index is 1240. The van der Waals surface area contributed by atoms with Gasteiger partial charge in [0.2, 0.25) is 27.6 Å². The third-order valence-corrected chi connectivity index (χ3v) is 7.16. The third-order valence-electron chi connectivity index (χ3n) is 5.02. The zero-order valence-corrected chi connectivity index (χ0v) is 20.4. The van der Waals surface area contributed by atoms with Crippen LogP contribution in [0.25, 0.3) is 11.4 Å². The maximum absolute atomic E-state index is 12.7. The van der Waals surface area contributed by atoms with Crippen molar-refractivity contribution < 1.29 is 22.5 Å². The molecule has 1 heterocycles. The van der Waals surface area contributed by atoms with Crippen molar-refractivity contribution in [2.75, 3.05) is 28.3 Å². The highest BCUT2D eigenvalue weighted by molar-refractivity contribution is 7.89. The lowest BCUT2D eigenvalue weighted by Gasteiger charge is -2.17. The van der Waals surface area contributed by atoms with Crippen molar-refractivity contribution in [1.82, 2.24) is 19.3 Å². The van der Waals surface area contributed by atoms with Crippen molar-refractivity contribution >= 4 is 27.5 Å². The van der Waals surface area contributed by atoms with Crippen molar-refractivity contribution in [2.45, 2.75) is 24.3 Å². The van der Waals surface area contributed by atoms with Gasteiger partial charge in [0.1, 0.15) is 5.75 Å². The van der Waals surface area contributed by atoms with E-state index in [1.54, 1.807) is 31.3 Å². The summed E-state index contributed by atoms with van der Waals surface area (Å²) in [7, 11) is 2.46. The quantitative estimate of drug-likeness (QED) is 0.451. The first kappa shape index (κ1) is 24.7. The first-order valence-electron chi connectivity index (χ1n) is 10.0. The molecule has 0 aliphatic heterocycles. The van der Waals surface area contributed by atoms with Gasteiger partial charge in [0.15, 0.2) is 0 Å². The van der Waals surface area contributed by atoms with Gasteiger partial charge in [0.05, 0.1) is 23.6 Å². The van der Waals surface area contributed by atoms with E-state index in [0.29, 0.717) is 34.1 Å². The average molecular weight is 493 g/mol. The standard InChI is InChI=1S/C22H25ClN4O5S/c1-26(2)33(29,30)16-10-11-19(31-4)15(13-16)9-12-21(28)27(3)14-20-24-22(25-32-20)17-7-5-6-8-18(17)23/h5-8,10-11,13H,9,12,14H2,1-4H3. The highest BCUT2D eigenvalue weighted by atomic mass is 35.5. The predicted octanol–water partition coefficient (Wildman–Crippen LogP) is 3.24. The minimum Gasteiger partial charge on any atom is -0.496 e. The van der Waals surface area contributed by atoms with Crippen LogP contribution in [0.2, 0.25) is 5.02 Å². The number of hydrogen-bond donors (Lipinski definition) is 0. The molecule has 33 heavy (non-hydrogen) atoms. The van der Waals surface area contributed by atoms with Gasteiger partial charge in [0.25, 0.3) is 0 Å². The molecule has 0 radical (unpaired) electrons. The molecule has 0 aliphatic carbocycles. The fraction of sp³-hybridized carbons (Fsp3) is 0.318. The molecule has 2 aromatic carbocycles. The Kier molecular flexibility index (Phi) is 7.72. The Labute approximate surface area is 198 Å². The molecule has 0 unspecified atom stereocenters. The van der Waals surface area contributed by atoms with Crippen molar-refractivity contribution in [3.05, 3.63) is 58.9 Å². The number of aromatic nitrogens is 2. The van der Waals surface area contributed by atoms with E-state index < -0.39 is 10.0 Å². The van der Waals surface area contributed by atoms with Crippen LogP contribution in [0.15, 0.2) is 51.9 Å². The summed E-state index contributed by atoms with van der Waals surface area (Å²) in [4.78, 5) is 18.6. The predicted molar refractivity (Wildman–Crippen MR) is 123 cm³/mol. The Morgan fingerprint density at radius 3 is 2.55 bits per heavy atom. The molecule has 0 bridgehead atoms. The maximum Gasteiger partial charge on any atom is 0.246 e. The lowest BCUT2D eigenvalue weighted by molar-refractivity contribution is -0.130. The molecule has 0 spiro atoms. The van der Waals surface area contributed by atoms with Crippen LogP contribution in [-0.2, 0) is 27.8 Å². The van der Waals surface area contributed by atoms with Crippen LogP contribution >= 0.6 is 11.6 Å². The van der Waals surface area contributed by atoms with Crippen LogP contribution in [0.4, 0.5) is 0 Å². The minimum atomic E-state index is -3.60. The van der Waals surface area contributed by atoms with Gasteiger partial charge in [-0.2, -0.15) is 4.98 Å². The fourth-order valence-electron chi connectivity index (χ4n) is 3.12. The van der Waals surface area contributed by atoms with E-state index in [1.165, 1.54) is 38.2 Å². The van der Waals surface area contributed by atoms with E-state index in [2.05, 4.69) is 10.1 Å². The lowest BCUT2D eigenvalue weighted by Crippen LogP contribution is -2.26. The van der Waals surface area contributed by atoms with Crippen LogP contribution in [-0.4, -0.2) is 61.9 Å². The van der Waals surface area contributed by atoms with Crippen LogP contribution in [0.5, 0.6) is 5.75 Å². The van der Waals surface area contributed by atoms with Gasteiger partial charge in [-0.3, -0.25) is 4.79 Å². The third kappa shape index (κ3) is 5.70. The summed E-state index contributed by atoms with van der Waals surface area (Å²) in [6.45, 7) is 0.127. The Balaban J connectivity index is 1.67. The second kappa shape index (κ2) is 10.3. The maximum atomic E-state index is 12.7. The smallest absolute Gasteiger partial charge is 0.246 e. The van der Waals surface area contributed by atoms with E-state index in [4.69, 9.17) is 20.9 Å². The molecular weight excluding hydrogens is 468 g/mol. The summed E-state index contributed by atoms with van der Waals surface area (Å²) in [5.74, 6) is 0.970. The van der Waals surface area contributed by atoms with E-state index >= 15 is 0 Å². The monoisotopic (exact) mass is 492 g/mol. The van der Waals surface area contributed by atoms with E-state index in [-0.39, 0.29) is 29.7 Å². The number of carbonyl (C=O) groups is 1. The summed E-state index contributed by atoms with van der Waals surface area (Å²) < 4.78 is 36.6. The number of rotatable bonds is 9. The second-order valence-corrected chi connectivity index (χ2v) is 10.1. The van der Waals surface area contributed by atoms with Crippen molar-refractivity contribution in [3.8, 4) is 17.1 Å². The summed E-state index contributed by atoms with van der Waals surface area (Å²) >= 11 is 6.17. The number of halogens is 1.